The molecule has 0 saturated heterocycles. The van der Waals surface area contributed by atoms with Crippen molar-refractivity contribution in [2.75, 3.05) is 7.11 Å². The second-order valence-electron chi connectivity index (χ2n) is 4.11. The Bertz CT molecular complexity index is 741. The van der Waals surface area contributed by atoms with Crippen LogP contribution in [0.25, 0.3) is 10.6 Å². The van der Waals surface area contributed by atoms with Crippen LogP contribution in [0.15, 0.2) is 60.3 Å². The van der Waals surface area contributed by atoms with E-state index in [0.29, 0.717) is 5.71 Å². The molecule has 6 heteroatoms. The molecule has 0 fully saturated rings. The van der Waals surface area contributed by atoms with Gasteiger partial charge in [0.25, 0.3) is 0 Å². The molecule has 104 valence electrons. The Morgan fingerprint density at radius 1 is 1.10 bits per heavy atom. The van der Waals surface area contributed by atoms with Gasteiger partial charge >= 0.3 is 0 Å². The van der Waals surface area contributed by atoms with Crippen molar-refractivity contribution in [1.29, 1.82) is 0 Å². The molecular weight excluding hydrogens is 284 g/mol. The predicted octanol–water partition coefficient (Wildman–Crippen LogP) is 3.00. The van der Waals surface area contributed by atoms with Crippen LogP contribution in [0.5, 0.6) is 0 Å². The van der Waals surface area contributed by atoms with Crippen molar-refractivity contribution in [2.45, 2.75) is 0 Å². The highest BCUT2D eigenvalue weighted by Gasteiger charge is 2.14. The van der Waals surface area contributed by atoms with Crippen molar-refractivity contribution < 1.29 is 4.84 Å². The van der Waals surface area contributed by atoms with Gasteiger partial charge in [0.15, 0.2) is 0 Å². The summed E-state index contributed by atoms with van der Waals surface area (Å²) in [6.45, 7) is 0. The summed E-state index contributed by atoms with van der Waals surface area (Å²) >= 11 is 1.53. The molecule has 0 radical (unpaired) electrons. The van der Waals surface area contributed by atoms with Gasteiger partial charge in [-0.25, -0.2) is 4.98 Å². The van der Waals surface area contributed by atoms with Gasteiger partial charge in [-0.3, -0.25) is 9.97 Å². The van der Waals surface area contributed by atoms with Crippen molar-refractivity contribution in [3.8, 4) is 10.6 Å². The van der Waals surface area contributed by atoms with Crippen LogP contribution in [0.1, 0.15) is 10.6 Å². The van der Waals surface area contributed by atoms with Crippen molar-refractivity contribution in [3.63, 3.8) is 0 Å². The third kappa shape index (κ3) is 2.95. The zero-order chi connectivity index (χ0) is 14.5. The average molecular weight is 296 g/mol. The zero-order valence-corrected chi connectivity index (χ0v) is 12.1. The molecule has 0 aromatic carbocycles. The fraction of sp³-hybridized carbons (Fsp3) is 0.0667. The molecule has 0 amide bonds. The van der Waals surface area contributed by atoms with E-state index in [4.69, 9.17) is 4.84 Å². The third-order valence-corrected chi connectivity index (χ3v) is 3.79. The SMILES string of the molecule is CON=C(c1ccccn1)c1cnc(-c2cccnc2)s1. The molecular formula is C15H12N4OS. The van der Waals surface area contributed by atoms with Crippen molar-refractivity contribution in [2.24, 2.45) is 5.16 Å². The largest absolute Gasteiger partial charge is 0.399 e. The summed E-state index contributed by atoms with van der Waals surface area (Å²) in [7, 11) is 1.52. The van der Waals surface area contributed by atoms with Crippen molar-refractivity contribution >= 4 is 17.0 Å². The number of rotatable bonds is 4. The Balaban J connectivity index is 1.99. The van der Waals surface area contributed by atoms with Crippen LogP contribution in [-0.4, -0.2) is 27.8 Å². The normalized spacial score (nSPS) is 11.4. The molecule has 0 aliphatic heterocycles. The predicted molar refractivity (Wildman–Crippen MR) is 82.2 cm³/mol. The fourth-order valence-corrected chi connectivity index (χ4v) is 2.71. The van der Waals surface area contributed by atoms with E-state index < -0.39 is 0 Å². The number of pyridine rings is 2. The number of oxime groups is 1. The minimum absolute atomic E-state index is 0.672. The first-order chi connectivity index (χ1) is 10.4. The van der Waals surface area contributed by atoms with E-state index in [-0.39, 0.29) is 0 Å². The number of aromatic nitrogens is 3. The fourth-order valence-electron chi connectivity index (χ4n) is 1.82. The van der Waals surface area contributed by atoms with Crippen molar-refractivity contribution in [3.05, 3.63) is 65.7 Å². The van der Waals surface area contributed by atoms with Crippen LogP contribution in [-0.2, 0) is 4.84 Å². The third-order valence-electron chi connectivity index (χ3n) is 2.74. The van der Waals surface area contributed by atoms with Gasteiger partial charge in [0.1, 0.15) is 17.8 Å². The maximum Gasteiger partial charge on any atom is 0.147 e. The molecule has 5 nitrogen and oxygen atoms in total. The van der Waals surface area contributed by atoms with Crippen LogP contribution >= 0.6 is 11.3 Å². The molecule has 3 rings (SSSR count). The smallest absolute Gasteiger partial charge is 0.147 e. The van der Waals surface area contributed by atoms with E-state index in [9.17, 15) is 0 Å². The molecule has 0 N–H and O–H groups in total. The van der Waals surface area contributed by atoms with E-state index in [1.165, 1.54) is 18.4 Å². The summed E-state index contributed by atoms with van der Waals surface area (Å²) in [4.78, 5) is 18.7. The van der Waals surface area contributed by atoms with Crippen LogP contribution < -0.4 is 0 Å². The van der Waals surface area contributed by atoms with E-state index in [0.717, 1.165) is 21.1 Å². The van der Waals surface area contributed by atoms with Crippen LogP contribution in [0, 0.1) is 0 Å². The number of hydrogen-bond donors (Lipinski definition) is 0. The number of thiazole rings is 1. The maximum atomic E-state index is 4.94. The molecule has 0 saturated carbocycles. The molecule has 0 bridgehead atoms. The zero-order valence-electron chi connectivity index (χ0n) is 11.3. The summed E-state index contributed by atoms with van der Waals surface area (Å²) in [5.41, 5.74) is 2.40. The Morgan fingerprint density at radius 2 is 2.05 bits per heavy atom. The lowest BCUT2D eigenvalue weighted by Crippen LogP contribution is -2.03. The summed E-state index contributed by atoms with van der Waals surface area (Å²) in [6, 6.07) is 9.53. The van der Waals surface area contributed by atoms with Gasteiger partial charge in [0.05, 0.1) is 10.6 Å². The summed E-state index contributed by atoms with van der Waals surface area (Å²) in [5.74, 6) is 0. The van der Waals surface area contributed by atoms with Gasteiger partial charge in [-0.2, -0.15) is 0 Å². The molecule has 0 aliphatic rings. The second kappa shape index (κ2) is 6.23. The molecule has 0 atom stereocenters. The van der Waals surface area contributed by atoms with Gasteiger partial charge in [0, 0.05) is 30.4 Å². The highest BCUT2D eigenvalue weighted by Crippen LogP contribution is 2.26. The lowest BCUT2D eigenvalue weighted by molar-refractivity contribution is 0.214. The van der Waals surface area contributed by atoms with Crippen LogP contribution in [0.2, 0.25) is 0 Å². The molecule has 3 heterocycles. The highest BCUT2D eigenvalue weighted by molar-refractivity contribution is 7.17. The van der Waals surface area contributed by atoms with E-state index in [1.54, 1.807) is 24.8 Å². The van der Waals surface area contributed by atoms with Gasteiger partial charge in [-0.15, -0.1) is 11.3 Å². The Kier molecular flexibility index (Phi) is 3.97. The van der Waals surface area contributed by atoms with Crippen LogP contribution in [0.3, 0.4) is 0 Å². The summed E-state index contributed by atoms with van der Waals surface area (Å²) in [5, 5.41) is 4.97. The first kappa shape index (κ1) is 13.4. The van der Waals surface area contributed by atoms with Crippen molar-refractivity contribution in [1.82, 2.24) is 15.0 Å². The Morgan fingerprint density at radius 3 is 2.76 bits per heavy atom. The first-order valence-corrected chi connectivity index (χ1v) is 7.09. The monoisotopic (exact) mass is 296 g/mol. The molecule has 21 heavy (non-hydrogen) atoms. The van der Waals surface area contributed by atoms with E-state index in [1.807, 2.05) is 30.3 Å². The minimum Gasteiger partial charge on any atom is -0.399 e. The summed E-state index contributed by atoms with van der Waals surface area (Å²) in [6.07, 6.45) is 7.03. The average Bonchev–Trinajstić information content (AvgIpc) is 3.04. The summed E-state index contributed by atoms with van der Waals surface area (Å²) < 4.78 is 0. The number of nitrogens with zero attached hydrogens (tertiary/aromatic N) is 4. The minimum atomic E-state index is 0.672. The Labute approximate surface area is 126 Å². The molecule has 3 aromatic heterocycles. The first-order valence-electron chi connectivity index (χ1n) is 6.27. The Hall–Kier alpha value is -2.60. The maximum absolute atomic E-state index is 4.94. The second-order valence-corrected chi connectivity index (χ2v) is 5.14. The van der Waals surface area contributed by atoms with E-state index in [2.05, 4.69) is 20.1 Å². The molecule has 0 spiro atoms. The van der Waals surface area contributed by atoms with Gasteiger partial charge < -0.3 is 4.84 Å². The van der Waals surface area contributed by atoms with Gasteiger partial charge in [-0.1, -0.05) is 11.2 Å². The molecule has 3 aromatic rings. The standard InChI is InChI=1S/C15H12N4OS/c1-20-19-14(12-6-2-3-8-17-12)13-10-18-15(21-13)11-5-4-7-16-9-11/h2-10H,1H3. The van der Waals surface area contributed by atoms with Crippen LogP contribution in [0.4, 0.5) is 0 Å². The van der Waals surface area contributed by atoms with Gasteiger partial charge in [-0.05, 0) is 24.3 Å². The van der Waals surface area contributed by atoms with Gasteiger partial charge in [0.2, 0.25) is 0 Å². The highest BCUT2D eigenvalue weighted by atomic mass is 32.1. The topological polar surface area (TPSA) is 60.3 Å². The lowest BCUT2D eigenvalue weighted by Gasteiger charge is -2.01. The number of hydrogen-bond acceptors (Lipinski definition) is 6. The molecule has 0 aliphatic carbocycles. The quantitative estimate of drug-likeness (QED) is 0.548. The lowest BCUT2D eigenvalue weighted by atomic mass is 10.2. The van der Waals surface area contributed by atoms with E-state index >= 15 is 0 Å². The molecule has 0 unspecified atom stereocenters.